The standard InChI is InChI=1S/4CHO.BrH.ClH.Mn/c4*1-2;;;/h4*1H;2*1H;/q4*-1;;;+2/p-2. The number of carbonyl (C=O) groups excluding carboxylic acids is 4. The minimum absolute atomic E-state index is 0.347. The number of hydrogen-bond acceptors (Lipinski definition) is 4. The van der Waals surface area contributed by atoms with Crippen LogP contribution >= 0.6 is 24.2 Å². The predicted octanol–water partition coefficient (Wildman–Crippen LogP) is 0.436. The molecule has 0 N–H and O–H groups in total. The summed E-state index contributed by atoms with van der Waals surface area (Å²) in [5, 5.41) is 0. The molecule has 0 aliphatic carbocycles. The van der Waals surface area contributed by atoms with E-state index in [1.807, 2.05) is 0 Å². The number of rotatable bonds is 0. The van der Waals surface area contributed by atoms with Gasteiger partial charge in [0.2, 0.25) is 0 Å². The second-order valence-electron chi connectivity index (χ2n) is 0.0540. The van der Waals surface area contributed by atoms with E-state index in [0.717, 1.165) is 0 Å². The summed E-state index contributed by atoms with van der Waals surface area (Å²) in [5.41, 5.74) is 0. The third-order valence-corrected chi connectivity index (χ3v) is 0. The Bertz CT molecular complexity index is 37.3. The second kappa shape index (κ2) is 853. The molecule has 0 aromatic carbocycles. The van der Waals surface area contributed by atoms with Gasteiger partial charge in [0.25, 0.3) is 0 Å². The van der Waals surface area contributed by atoms with Crippen LogP contribution in [0.5, 0.6) is 0 Å². The zero-order valence-corrected chi connectivity index (χ0v) is 8.60. The molecule has 0 amide bonds. The van der Waals surface area contributed by atoms with Crippen LogP contribution in [0.3, 0.4) is 0 Å². The summed E-state index contributed by atoms with van der Waals surface area (Å²) in [7, 11) is 4.95. The minimum atomic E-state index is 0.347. The first-order chi connectivity index (χ1) is 5.41. The van der Waals surface area contributed by atoms with Gasteiger partial charge in [0.1, 0.15) is 0 Å². The quantitative estimate of drug-likeness (QED) is 0.368. The summed E-state index contributed by atoms with van der Waals surface area (Å²) >= 11 is 3.29. The van der Waals surface area contributed by atoms with Gasteiger partial charge in [-0.15, -0.1) is 0 Å². The summed E-state index contributed by atoms with van der Waals surface area (Å²) in [6, 6.07) is 0. The van der Waals surface area contributed by atoms with Gasteiger partial charge in [-0.3, -0.25) is 27.2 Å². The molecule has 0 aromatic rings. The molecular formula is C4H4BrClMnO4-4. The summed E-state index contributed by atoms with van der Waals surface area (Å²) in [4.78, 5) is 31.0. The Kier molecular flexibility index (Phi) is 2370. The van der Waals surface area contributed by atoms with E-state index >= 15 is 0 Å². The maximum atomic E-state index is 7.75. The fourth-order valence-corrected chi connectivity index (χ4v) is 0. The van der Waals surface area contributed by atoms with E-state index in [1.165, 1.54) is 0 Å². The Morgan fingerprint density at radius 1 is 0.818 bits per heavy atom. The van der Waals surface area contributed by atoms with Crippen LogP contribution in [-0.2, 0) is 31.4 Å². The van der Waals surface area contributed by atoms with Crippen molar-refractivity contribution in [1.82, 2.24) is 0 Å². The SMILES string of the molecule is [CH-]=O.[CH-]=O.[CH-]=O.[CH-]=O.[Cl][Mn][Br]. The van der Waals surface area contributed by atoms with E-state index in [2.05, 4.69) is 41.3 Å². The van der Waals surface area contributed by atoms with Crippen LogP contribution in [0, 0.1) is 0 Å². The van der Waals surface area contributed by atoms with E-state index in [0.29, 0.717) is 12.2 Å². The maximum absolute atomic E-state index is 7.75. The Morgan fingerprint density at radius 2 is 0.818 bits per heavy atom. The molecule has 0 heterocycles. The first-order valence-electron chi connectivity index (χ1n) is 1.23. The Labute approximate surface area is 82.7 Å². The topological polar surface area (TPSA) is 68.3 Å². The van der Waals surface area contributed by atoms with Crippen molar-refractivity contribution in [1.29, 1.82) is 0 Å². The molecule has 0 rings (SSSR count). The van der Waals surface area contributed by atoms with E-state index < -0.39 is 0 Å². The second-order valence-corrected chi connectivity index (χ2v) is 3.47. The Hall–Kier alpha value is -0.0305. The van der Waals surface area contributed by atoms with Crippen LogP contribution in [-0.4, -0.2) is 27.2 Å². The fraction of sp³-hybridized carbons (Fsp3) is 0. The monoisotopic (exact) mass is 285 g/mol. The molecule has 0 atom stereocenters. The van der Waals surface area contributed by atoms with E-state index in [9.17, 15) is 0 Å². The average Bonchev–Trinajstić information content (AvgIpc) is 2.18. The molecular weight excluding hydrogens is 282 g/mol. The zero-order valence-electron chi connectivity index (χ0n) is 5.08. The van der Waals surface area contributed by atoms with Gasteiger partial charge in [-0.1, -0.05) is 0 Å². The van der Waals surface area contributed by atoms with Gasteiger partial charge in [0.15, 0.2) is 0 Å². The van der Waals surface area contributed by atoms with E-state index in [1.54, 1.807) is 0 Å². The van der Waals surface area contributed by atoms with Crippen molar-refractivity contribution < 1.29 is 31.4 Å². The summed E-state index contributed by atoms with van der Waals surface area (Å²) in [6.07, 6.45) is 0. The van der Waals surface area contributed by atoms with Gasteiger partial charge >= 0.3 is 36.4 Å². The fourth-order valence-electron chi connectivity index (χ4n) is 0. The average molecular weight is 286 g/mol. The van der Waals surface area contributed by atoms with E-state index in [4.69, 9.17) is 29.3 Å². The molecule has 0 saturated carbocycles. The van der Waals surface area contributed by atoms with Gasteiger partial charge in [-0.05, 0) is 0 Å². The normalized spacial score (nSPS) is 3.09. The van der Waals surface area contributed by atoms with Crippen molar-refractivity contribution in [3.63, 3.8) is 0 Å². The summed E-state index contributed by atoms with van der Waals surface area (Å²) in [5.74, 6) is 0. The zero-order chi connectivity index (χ0) is 10.7. The molecule has 7 heteroatoms. The third-order valence-electron chi connectivity index (χ3n) is 0. The molecule has 0 saturated heterocycles. The van der Waals surface area contributed by atoms with Crippen LogP contribution in [0.4, 0.5) is 0 Å². The number of halogens is 2. The predicted molar refractivity (Wildman–Crippen MR) is 41.8 cm³/mol. The van der Waals surface area contributed by atoms with Gasteiger partial charge in [0.05, 0.1) is 0 Å². The Morgan fingerprint density at radius 3 is 0.818 bits per heavy atom. The van der Waals surface area contributed by atoms with Gasteiger partial charge in [0, 0.05) is 0 Å². The molecule has 0 bridgehead atoms. The summed E-state index contributed by atoms with van der Waals surface area (Å²) in [6.45, 7) is 13.0. The molecule has 4 nitrogen and oxygen atoms in total. The molecule has 0 fully saturated rings. The molecule has 0 aliphatic heterocycles. The molecule has 0 unspecified atom stereocenters. The van der Waals surface area contributed by atoms with Crippen molar-refractivity contribution in [3.8, 4) is 0 Å². The van der Waals surface area contributed by atoms with Crippen LogP contribution in [0.1, 0.15) is 0 Å². The Balaban J connectivity index is -0.0000000139. The molecule has 0 aromatic heterocycles. The van der Waals surface area contributed by atoms with Crippen LogP contribution in [0.15, 0.2) is 0 Å². The van der Waals surface area contributed by atoms with Gasteiger partial charge < -0.3 is 19.2 Å². The third kappa shape index (κ3) is 680000. The van der Waals surface area contributed by atoms with E-state index in [-0.39, 0.29) is 0 Å². The van der Waals surface area contributed by atoms with Crippen molar-refractivity contribution in [2.45, 2.75) is 0 Å². The van der Waals surface area contributed by atoms with Crippen LogP contribution < -0.4 is 0 Å². The molecule has 0 radical (unpaired) electrons. The van der Waals surface area contributed by atoms with Crippen molar-refractivity contribution in [3.05, 3.63) is 0 Å². The van der Waals surface area contributed by atoms with Gasteiger partial charge in [-0.25, -0.2) is 0 Å². The number of hydrogen-bond donors (Lipinski definition) is 0. The first-order valence-corrected chi connectivity index (χ1v) is 5.77. The van der Waals surface area contributed by atoms with Crippen molar-refractivity contribution >= 4 is 51.4 Å². The summed E-state index contributed by atoms with van der Waals surface area (Å²) < 4.78 is 0. The molecule has 0 spiro atoms. The van der Waals surface area contributed by atoms with Crippen LogP contribution in [0.2, 0.25) is 0 Å². The molecule has 69 valence electrons. The first kappa shape index (κ1) is 30.6. The molecule has 0 aliphatic rings. The van der Waals surface area contributed by atoms with Crippen LogP contribution in [0.25, 0.3) is 0 Å². The molecule has 11 heavy (non-hydrogen) atoms. The van der Waals surface area contributed by atoms with Gasteiger partial charge in [-0.2, -0.15) is 0 Å². The van der Waals surface area contributed by atoms with Crippen molar-refractivity contribution in [2.75, 3.05) is 0 Å². The van der Waals surface area contributed by atoms with Crippen molar-refractivity contribution in [2.24, 2.45) is 0 Å².